The lowest BCUT2D eigenvalue weighted by atomic mass is 10.0. The van der Waals surface area contributed by atoms with Crippen LogP contribution in [0.25, 0.3) is 0 Å². The van der Waals surface area contributed by atoms with Gasteiger partial charge in [0.1, 0.15) is 0 Å². The maximum absolute atomic E-state index is 13.9. The number of carbonyl (C=O) groups is 1. The number of nitrogens with one attached hydrogen (secondary N) is 1. The van der Waals surface area contributed by atoms with Gasteiger partial charge in [-0.15, -0.1) is 0 Å². The van der Waals surface area contributed by atoms with Gasteiger partial charge in [0, 0.05) is 19.0 Å². The van der Waals surface area contributed by atoms with Crippen LogP contribution in [0.4, 0.5) is 4.39 Å². The molecule has 1 N–H and O–H groups in total. The van der Waals surface area contributed by atoms with Crippen LogP contribution in [-0.4, -0.2) is 45.4 Å². The summed E-state index contributed by atoms with van der Waals surface area (Å²) in [6.45, 7) is 0.320. The molecule has 1 heterocycles. The molecule has 1 aromatic rings. The molecule has 1 atom stereocenters. The van der Waals surface area contributed by atoms with Gasteiger partial charge in [0.2, 0.25) is 0 Å². The highest BCUT2D eigenvalue weighted by Gasteiger charge is 2.27. The van der Waals surface area contributed by atoms with Crippen LogP contribution in [0.2, 0.25) is 0 Å². The first-order chi connectivity index (χ1) is 9.43. The van der Waals surface area contributed by atoms with Gasteiger partial charge in [0.15, 0.2) is 27.2 Å². The first kappa shape index (κ1) is 14.9. The molecule has 0 bridgehead atoms. The molecule has 110 valence electrons. The summed E-state index contributed by atoms with van der Waals surface area (Å²) in [5, 5.41) is 2.97. The third-order valence-electron chi connectivity index (χ3n) is 3.22. The van der Waals surface area contributed by atoms with Crippen LogP contribution in [0.3, 0.4) is 0 Å². The Kier molecular flexibility index (Phi) is 4.39. The van der Waals surface area contributed by atoms with Gasteiger partial charge in [-0.25, -0.2) is 12.8 Å². The minimum Gasteiger partial charge on any atom is -0.494 e. The largest absolute Gasteiger partial charge is 0.494 e. The van der Waals surface area contributed by atoms with Crippen molar-refractivity contribution in [3.05, 3.63) is 29.6 Å². The lowest BCUT2D eigenvalue weighted by Gasteiger charge is -2.23. The van der Waals surface area contributed by atoms with Gasteiger partial charge in [-0.1, -0.05) is 6.07 Å². The number of Topliss-reactive ketones (excluding diaryl/α,β-unsaturated/α-hetero) is 1. The molecule has 1 aliphatic heterocycles. The van der Waals surface area contributed by atoms with Crippen molar-refractivity contribution in [3.63, 3.8) is 0 Å². The van der Waals surface area contributed by atoms with E-state index in [1.165, 1.54) is 25.3 Å². The summed E-state index contributed by atoms with van der Waals surface area (Å²) in [7, 11) is -1.79. The summed E-state index contributed by atoms with van der Waals surface area (Å²) < 4.78 is 41.8. The van der Waals surface area contributed by atoms with Gasteiger partial charge in [0.05, 0.1) is 24.2 Å². The third-order valence-corrected chi connectivity index (χ3v) is 4.95. The Bertz CT molecular complexity index is 615. The minimum atomic E-state index is -3.12. The Balaban J connectivity index is 2.13. The number of rotatable bonds is 4. The average Bonchev–Trinajstić information content (AvgIpc) is 2.37. The Labute approximate surface area is 117 Å². The molecule has 1 saturated heterocycles. The van der Waals surface area contributed by atoms with Crippen molar-refractivity contribution in [2.75, 3.05) is 25.2 Å². The molecule has 1 fully saturated rings. The SMILES string of the molecule is COc1cccc(C(=O)CC2CS(=O)(=O)CCN2)c1F. The van der Waals surface area contributed by atoms with E-state index in [1.54, 1.807) is 0 Å². The first-order valence-electron chi connectivity index (χ1n) is 6.22. The molecule has 5 nitrogen and oxygen atoms in total. The summed E-state index contributed by atoms with van der Waals surface area (Å²) in [5.74, 6) is -1.16. The Morgan fingerprint density at radius 1 is 1.50 bits per heavy atom. The second-order valence-corrected chi connectivity index (χ2v) is 6.94. The fourth-order valence-electron chi connectivity index (χ4n) is 2.22. The van der Waals surface area contributed by atoms with E-state index in [4.69, 9.17) is 4.74 Å². The maximum atomic E-state index is 13.9. The van der Waals surface area contributed by atoms with Crippen LogP contribution in [-0.2, 0) is 9.84 Å². The Morgan fingerprint density at radius 2 is 2.25 bits per heavy atom. The summed E-state index contributed by atoms with van der Waals surface area (Å²) in [6, 6.07) is 3.86. The van der Waals surface area contributed by atoms with Gasteiger partial charge in [-0.2, -0.15) is 0 Å². The van der Waals surface area contributed by atoms with Gasteiger partial charge in [-0.05, 0) is 12.1 Å². The molecule has 0 aromatic heterocycles. The number of benzene rings is 1. The van der Waals surface area contributed by atoms with Gasteiger partial charge in [-0.3, -0.25) is 4.79 Å². The first-order valence-corrected chi connectivity index (χ1v) is 8.04. The Morgan fingerprint density at radius 3 is 2.90 bits per heavy atom. The van der Waals surface area contributed by atoms with E-state index in [9.17, 15) is 17.6 Å². The summed E-state index contributed by atoms with van der Waals surface area (Å²) in [4.78, 5) is 12.1. The number of halogens is 1. The highest BCUT2D eigenvalue weighted by Crippen LogP contribution is 2.21. The molecule has 20 heavy (non-hydrogen) atoms. The molecule has 1 aromatic carbocycles. The number of ether oxygens (including phenoxy) is 1. The van der Waals surface area contributed by atoms with Crippen LogP contribution >= 0.6 is 0 Å². The van der Waals surface area contributed by atoms with Crippen molar-refractivity contribution in [1.82, 2.24) is 5.32 Å². The molecule has 2 rings (SSSR count). The number of ketones is 1. The lowest BCUT2D eigenvalue weighted by molar-refractivity contribution is 0.0967. The van der Waals surface area contributed by atoms with Crippen LogP contribution < -0.4 is 10.1 Å². The van der Waals surface area contributed by atoms with Crippen molar-refractivity contribution in [2.45, 2.75) is 12.5 Å². The number of sulfone groups is 1. The van der Waals surface area contributed by atoms with E-state index in [0.717, 1.165) is 0 Å². The number of carbonyl (C=O) groups excluding carboxylic acids is 1. The molecule has 7 heteroatoms. The van der Waals surface area contributed by atoms with E-state index < -0.39 is 27.5 Å². The fraction of sp³-hybridized carbons (Fsp3) is 0.462. The number of hydrogen-bond acceptors (Lipinski definition) is 5. The lowest BCUT2D eigenvalue weighted by Crippen LogP contribution is -2.46. The molecule has 0 saturated carbocycles. The van der Waals surface area contributed by atoms with Crippen LogP contribution in [0.1, 0.15) is 16.8 Å². The zero-order chi connectivity index (χ0) is 14.8. The standard InChI is InChI=1S/C13H16FNO4S/c1-19-12-4-2-3-10(13(12)14)11(16)7-9-8-20(17,18)6-5-15-9/h2-4,9,15H,5-8H2,1H3. The van der Waals surface area contributed by atoms with Crippen LogP contribution in [0, 0.1) is 5.82 Å². The van der Waals surface area contributed by atoms with E-state index in [-0.39, 0.29) is 29.2 Å². The molecule has 1 unspecified atom stereocenters. The molecule has 0 aliphatic carbocycles. The van der Waals surface area contributed by atoms with E-state index in [0.29, 0.717) is 6.54 Å². The molecule has 1 aliphatic rings. The van der Waals surface area contributed by atoms with E-state index in [1.807, 2.05) is 0 Å². The van der Waals surface area contributed by atoms with Crippen molar-refractivity contribution < 1.29 is 22.3 Å². The van der Waals surface area contributed by atoms with Crippen molar-refractivity contribution in [2.24, 2.45) is 0 Å². The highest BCUT2D eigenvalue weighted by atomic mass is 32.2. The quantitative estimate of drug-likeness (QED) is 0.833. The summed E-state index contributed by atoms with van der Waals surface area (Å²) >= 11 is 0. The molecule has 0 spiro atoms. The van der Waals surface area contributed by atoms with Crippen molar-refractivity contribution in [3.8, 4) is 5.75 Å². The summed E-state index contributed by atoms with van der Waals surface area (Å²) in [5.41, 5.74) is -0.0749. The topological polar surface area (TPSA) is 72.5 Å². The van der Waals surface area contributed by atoms with E-state index >= 15 is 0 Å². The zero-order valence-electron chi connectivity index (χ0n) is 11.1. The van der Waals surface area contributed by atoms with Gasteiger partial charge >= 0.3 is 0 Å². The van der Waals surface area contributed by atoms with Gasteiger partial charge < -0.3 is 10.1 Å². The van der Waals surface area contributed by atoms with Crippen LogP contribution in [0.5, 0.6) is 5.75 Å². The number of hydrogen-bond donors (Lipinski definition) is 1. The fourth-order valence-corrected chi connectivity index (χ4v) is 3.66. The predicted octanol–water partition coefficient (Wildman–Crippen LogP) is 0.794. The highest BCUT2D eigenvalue weighted by molar-refractivity contribution is 7.91. The number of methoxy groups -OCH3 is 1. The maximum Gasteiger partial charge on any atom is 0.175 e. The molecular formula is C13H16FNO4S. The van der Waals surface area contributed by atoms with Crippen molar-refractivity contribution >= 4 is 15.6 Å². The minimum absolute atomic E-state index is 0.0000693. The smallest absolute Gasteiger partial charge is 0.175 e. The zero-order valence-corrected chi connectivity index (χ0v) is 11.9. The molecule has 0 radical (unpaired) electrons. The van der Waals surface area contributed by atoms with Gasteiger partial charge in [0.25, 0.3) is 0 Å². The third kappa shape index (κ3) is 3.34. The monoisotopic (exact) mass is 301 g/mol. The predicted molar refractivity (Wildman–Crippen MR) is 72.3 cm³/mol. The molecular weight excluding hydrogens is 285 g/mol. The van der Waals surface area contributed by atoms with E-state index in [2.05, 4.69) is 5.32 Å². The second kappa shape index (κ2) is 5.88. The Hall–Kier alpha value is -1.47. The summed E-state index contributed by atoms with van der Waals surface area (Å²) in [6.07, 6.45) is -0.0523. The average molecular weight is 301 g/mol. The van der Waals surface area contributed by atoms with Crippen LogP contribution in [0.15, 0.2) is 18.2 Å². The normalized spacial score (nSPS) is 21.4. The van der Waals surface area contributed by atoms with Crippen molar-refractivity contribution in [1.29, 1.82) is 0 Å². The second-order valence-electron chi connectivity index (χ2n) is 4.71. The molecule has 0 amide bonds.